The van der Waals surface area contributed by atoms with Crippen molar-refractivity contribution in [3.05, 3.63) is 0 Å². The second kappa shape index (κ2) is 21.7. The van der Waals surface area contributed by atoms with Crippen molar-refractivity contribution < 1.29 is 29.5 Å². The Bertz CT molecular complexity index is 1340. The van der Waals surface area contributed by atoms with E-state index in [-0.39, 0.29) is 31.1 Å². The second-order valence-electron chi connectivity index (χ2n) is 20.6. The molecule has 2 heterocycles. The predicted octanol–water partition coefficient (Wildman–Crippen LogP) is 11.5. The van der Waals surface area contributed by atoms with Crippen molar-refractivity contribution in [2.45, 2.75) is 238 Å². The van der Waals surface area contributed by atoms with Crippen LogP contribution in [0.25, 0.3) is 0 Å². The number of rotatable bonds is 26. The molecule has 0 aliphatic carbocycles. The molecule has 0 radical (unpaired) electrons. The maximum atomic E-state index is 14.5. The van der Waals surface area contributed by atoms with E-state index in [1.165, 1.54) is 58.3 Å². The Hall–Kier alpha value is -2.64. The molecule has 12 nitrogen and oxygen atoms in total. The first-order valence-corrected chi connectivity index (χ1v) is 22.5. The Labute approximate surface area is 352 Å². The summed E-state index contributed by atoms with van der Waals surface area (Å²) in [6.07, 6.45) is 15.4. The summed E-state index contributed by atoms with van der Waals surface area (Å²) in [6.45, 7) is 25.8. The second-order valence-corrected chi connectivity index (χ2v) is 20.6. The van der Waals surface area contributed by atoms with Gasteiger partial charge in [0.15, 0.2) is 11.1 Å². The van der Waals surface area contributed by atoms with E-state index in [9.17, 15) is 30.3 Å². The van der Waals surface area contributed by atoms with Gasteiger partial charge in [-0.2, -0.15) is 30.9 Å². The minimum absolute atomic E-state index is 0.0902. The average Bonchev–Trinajstić information content (AvgIpc) is 3.12. The van der Waals surface area contributed by atoms with E-state index in [4.69, 9.17) is 9.68 Å². The van der Waals surface area contributed by atoms with Crippen molar-refractivity contribution in [3.63, 3.8) is 0 Å². The van der Waals surface area contributed by atoms with Gasteiger partial charge in [-0.05, 0) is 126 Å². The molecule has 2 unspecified atom stereocenters. The quantitative estimate of drug-likeness (QED) is 0.0632. The molecule has 2 saturated heterocycles. The summed E-state index contributed by atoms with van der Waals surface area (Å²) in [7, 11) is 0. The van der Waals surface area contributed by atoms with Crippen molar-refractivity contribution in [1.82, 2.24) is 10.1 Å². The lowest BCUT2D eigenvalue weighted by atomic mass is 9.51. The summed E-state index contributed by atoms with van der Waals surface area (Å²) in [5.74, 6) is -2.79. The van der Waals surface area contributed by atoms with E-state index < -0.39 is 50.6 Å². The molecular formula is C46H82N6O6. The van der Waals surface area contributed by atoms with Crippen LogP contribution in [-0.2, 0) is 19.3 Å². The molecule has 0 saturated carbocycles. The lowest BCUT2D eigenvalue weighted by Crippen LogP contribution is -2.67. The van der Waals surface area contributed by atoms with Crippen LogP contribution in [-0.4, -0.2) is 78.7 Å². The topological polar surface area (TPSA) is 172 Å². The van der Waals surface area contributed by atoms with E-state index in [0.29, 0.717) is 38.9 Å². The predicted molar refractivity (Wildman–Crippen MR) is 229 cm³/mol. The van der Waals surface area contributed by atoms with Gasteiger partial charge in [0, 0.05) is 35.0 Å². The first-order chi connectivity index (χ1) is 26.9. The molecule has 2 N–H and O–H groups in total. The van der Waals surface area contributed by atoms with Crippen LogP contribution in [0.15, 0.2) is 10.2 Å². The fourth-order valence-corrected chi connectivity index (χ4v) is 10.4. The maximum Gasteiger partial charge on any atom is 0.310 e. The van der Waals surface area contributed by atoms with Crippen LogP contribution >= 0.6 is 0 Å². The van der Waals surface area contributed by atoms with Crippen molar-refractivity contribution in [2.24, 2.45) is 27.5 Å². The first-order valence-electron chi connectivity index (χ1n) is 22.5. The summed E-state index contributed by atoms with van der Waals surface area (Å²) in [5.41, 5.74) is -6.71. The smallest absolute Gasteiger partial charge is 0.310 e. The molecule has 0 amide bonds. The molecule has 332 valence electrons. The highest BCUT2D eigenvalue weighted by Crippen LogP contribution is 2.59. The third kappa shape index (κ3) is 14.0. The van der Waals surface area contributed by atoms with Gasteiger partial charge in [-0.15, -0.1) is 0 Å². The zero-order valence-electron chi connectivity index (χ0n) is 38.7. The molecule has 2 aliphatic rings. The van der Waals surface area contributed by atoms with Crippen LogP contribution in [0.5, 0.6) is 0 Å². The number of carboxylic acids is 2. The number of unbranched alkanes of at least 4 members (excludes halogenated alkanes) is 10. The zero-order chi connectivity index (χ0) is 44.1. The molecule has 2 rings (SSSR count). The monoisotopic (exact) mass is 815 g/mol. The third-order valence-electron chi connectivity index (χ3n) is 12.9. The fraction of sp³-hybridized carbons (Fsp3) is 0.913. The molecule has 0 bridgehead atoms. The van der Waals surface area contributed by atoms with Crippen LogP contribution in [0.1, 0.15) is 205 Å². The molecule has 0 aromatic carbocycles. The highest BCUT2D eigenvalue weighted by Gasteiger charge is 2.64. The maximum absolute atomic E-state index is 14.5. The van der Waals surface area contributed by atoms with Gasteiger partial charge in [0.05, 0.1) is 30.8 Å². The largest absolute Gasteiger partial charge is 0.481 e. The van der Waals surface area contributed by atoms with Gasteiger partial charge in [-0.1, -0.05) is 78.1 Å². The third-order valence-corrected chi connectivity index (χ3v) is 12.9. The Morgan fingerprint density at radius 3 is 1.31 bits per heavy atom. The molecule has 58 heavy (non-hydrogen) atoms. The highest BCUT2D eigenvalue weighted by molar-refractivity contribution is 5.76. The summed E-state index contributed by atoms with van der Waals surface area (Å²) in [6, 6.07) is 4.39. The van der Waals surface area contributed by atoms with Crippen molar-refractivity contribution in [1.29, 1.82) is 10.5 Å². The Morgan fingerprint density at radius 1 is 0.638 bits per heavy atom. The van der Waals surface area contributed by atoms with Crippen LogP contribution in [0, 0.1) is 39.9 Å². The van der Waals surface area contributed by atoms with E-state index in [1.807, 2.05) is 0 Å². The number of nitriles is 2. The number of hydrogen-bond donors (Lipinski definition) is 2. The van der Waals surface area contributed by atoms with Gasteiger partial charge < -0.3 is 10.2 Å². The van der Waals surface area contributed by atoms with Crippen molar-refractivity contribution in [3.8, 4) is 12.1 Å². The highest BCUT2D eigenvalue weighted by atomic mass is 16.7. The van der Waals surface area contributed by atoms with Crippen molar-refractivity contribution >= 4 is 11.9 Å². The molecule has 0 aromatic rings. The summed E-state index contributed by atoms with van der Waals surface area (Å²) >= 11 is 0. The van der Waals surface area contributed by atoms with Crippen LogP contribution in [0.2, 0.25) is 0 Å². The number of carbonyl (C=O) groups is 2. The number of azo groups is 1. The summed E-state index contributed by atoms with van der Waals surface area (Å²) in [4.78, 5) is 39.1. The number of piperidine rings is 2. The number of nitrogens with zero attached hydrogens (tertiary/aromatic N) is 6. The van der Waals surface area contributed by atoms with Crippen LogP contribution in [0.4, 0.5) is 0 Å². The Morgan fingerprint density at radius 2 is 0.983 bits per heavy atom. The minimum atomic E-state index is -1.63. The van der Waals surface area contributed by atoms with E-state index in [2.05, 4.69) is 102 Å². The number of hydrogen-bond acceptors (Lipinski definition) is 10. The fourth-order valence-electron chi connectivity index (χ4n) is 10.4. The van der Waals surface area contributed by atoms with E-state index in [1.54, 1.807) is 6.92 Å². The van der Waals surface area contributed by atoms with Crippen molar-refractivity contribution in [2.75, 3.05) is 13.2 Å². The van der Waals surface area contributed by atoms with E-state index in [0.717, 1.165) is 25.7 Å². The summed E-state index contributed by atoms with van der Waals surface area (Å²) < 4.78 is 0. The SMILES string of the molecule is CCCCCCCCON1C(C)(C)CC(C(CC(C)(C#N)/N=N/C(C)(C#N)CCC(=O)O)(C(=O)O)C2CC(C)(C)N(OCCCCCCCC)C(C)(C)C2)CC1(C)C. The molecular weight excluding hydrogens is 733 g/mol. The average molecular weight is 815 g/mol. The van der Waals surface area contributed by atoms with Gasteiger partial charge in [0.25, 0.3) is 0 Å². The lowest BCUT2D eigenvalue weighted by molar-refractivity contribution is -0.307. The van der Waals surface area contributed by atoms with Crippen LogP contribution in [0.3, 0.4) is 0 Å². The molecule has 0 spiro atoms. The van der Waals surface area contributed by atoms with Gasteiger partial charge in [-0.3, -0.25) is 19.3 Å². The lowest BCUT2D eigenvalue weighted by Gasteiger charge is -2.61. The standard InChI is InChI=1S/C46H82N6O6/c1-13-15-17-19-21-23-27-57-51-40(3,4)29-36(30-41(51,5)6)46(39(55)56,33-45(12,35-48)50-49-44(11,34-47)26-25-38(53)54)37-31-42(7,8)52(43(9,10)32-37)58-28-24-22-20-18-16-14-2/h36-37H,13-33H2,1-12H3,(H,53,54)(H,55,56)/b50-49+. The molecule has 12 heteroatoms. The Kier molecular flexibility index (Phi) is 19.3. The zero-order valence-corrected chi connectivity index (χ0v) is 38.7. The van der Waals surface area contributed by atoms with Gasteiger partial charge >= 0.3 is 11.9 Å². The molecule has 0 aromatic heterocycles. The Balaban J connectivity index is 2.63. The first kappa shape index (κ1) is 51.5. The normalized spacial score (nSPS) is 22.2. The molecule has 2 fully saturated rings. The van der Waals surface area contributed by atoms with E-state index >= 15 is 0 Å². The number of hydroxylamine groups is 4. The molecule has 2 aliphatic heterocycles. The van der Waals surface area contributed by atoms with Crippen LogP contribution < -0.4 is 0 Å². The summed E-state index contributed by atoms with van der Waals surface area (Å²) in [5, 5.41) is 55.1. The van der Waals surface area contributed by atoms with Gasteiger partial charge in [0.2, 0.25) is 0 Å². The van der Waals surface area contributed by atoms with Gasteiger partial charge in [-0.25, -0.2) is 0 Å². The molecule has 2 atom stereocenters. The number of carboxylic acid groups (broad SMARTS) is 2. The number of aliphatic carboxylic acids is 2. The van der Waals surface area contributed by atoms with Gasteiger partial charge in [0.1, 0.15) is 0 Å². The minimum Gasteiger partial charge on any atom is -0.481 e.